The zero-order chi connectivity index (χ0) is 16.2. The van der Waals surface area contributed by atoms with E-state index in [2.05, 4.69) is 19.2 Å². The summed E-state index contributed by atoms with van der Waals surface area (Å²) >= 11 is 0. The van der Waals surface area contributed by atoms with Gasteiger partial charge in [-0.15, -0.1) is 0 Å². The Kier molecular flexibility index (Phi) is 3.30. The van der Waals surface area contributed by atoms with Crippen molar-refractivity contribution in [3.05, 3.63) is 40.2 Å². The minimum Gasteiger partial charge on any atom is -0.733 e. The van der Waals surface area contributed by atoms with E-state index in [0.717, 1.165) is 22.5 Å². The van der Waals surface area contributed by atoms with E-state index >= 15 is 0 Å². The van der Waals surface area contributed by atoms with Crippen molar-refractivity contribution < 1.29 is 10.0 Å². The number of benzene rings is 1. The highest BCUT2D eigenvalue weighted by Gasteiger charge is 2.65. The molecule has 22 heavy (non-hydrogen) atoms. The van der Waals surface area contributed by atoms with E-state index < -0.39 is 0 Å². The molecule has 2 fully saturated rings. The molecule has 2 saturated carbocycles. The molecule has 0 radical (unpaired) electrons. The quantitative estimate of drug-likeness (QED) is 0.658. The molecule has 2 aliphatic carbocycles. The predicted octanol–water partition coefficient (Wildman–Crippen LogP) is 3.62. The van der Waals surface area contributed by atoms with Gasteiger partial charge in [-0.3, -0.25) is 10.0 Å². The summed E-state index contributed by atoms with van der Waals surface area (Å²) in [6.45, 7) is 8.22. The zero-order valence-electron chi connectivity index (χ0n) is 13.3. The number of allylic oxidation sites excluding steroid dienone is 2. The molecule has 2 N–H and O–H groups in total. The molecule has 0 spiro atoms. The van der Waals surface area contributed by atoms with Crippen LogP contribution in [0.2, 0.25) is 0 Å². The van der Waals surface area contributed by atoms with E-state index in [9.17, 15) is 10.0 Å². The van der Waals surface area contributed by atoms with Gasteiger partial charge in [0, 0.05) is 23.4 Å². The number of hydrogen-bond acceptors (Lipinski definition) is 5. The van der Waals surface area contributed by atoms with Crippen LogP contribution in [0.25, 0.3) is 0 Å². The van der Waals surface area contributed by atoms with E-state index in [-0.39, 0.29) is 22.1 Å². The molecule has 2 atom stereocenters. The predicted molar refractivity (Wildman–Crippen MR) is 85.5 cm³/mol. The van der Waals surface area contributed by atoms with E-state index in [1.54, 1.807) is 18.2 Å². The van der Waals surface area contributed by atoms with Crippen molar-refractivity contribution in [2.24, 2.45) is 17.3 Å². The highest BCUT2D eigenvalue weighted by molar-refractivity contribution is 6.01. The van der Waals surface area contributed by atoms with Gasteiger partial charge in [0.25, 0.3) is 0 Å². The minimum absolute atomic E-state index is 0.153. The Bertz CT molecular complexity index is 676. The second-order valence-electron chi connectivity index (χ2n) is 6.97. The number of carbonyl (C=O) groups excluding carboxylic acids is 1. The third-order valence-electron chi connectivity index (χ3n) is 5.22. The molecule has 118 valence electrons. The molecule has 2 unspecified atom stereocenters. The van der Waals surface area contributed by atoms with Crippen molar-refractivity contribution in [3.8, 4) is 0 Å². The number of anilines is 2. The maximum absolute atomic E-state index is 12.2. The molecule has 0 bridgehead atoms. The molecule has 0 amide bonds. The monoisotopic (exact) mass is 301 g/mol. The van der Waals surface area contributed by atoms with Crippen molar-refractivity contribution in [1.29, 1.82) is 0 Å². The lowest BCUT2D eigenvalue weighted by Crippen LogP contribution is -2.13. The molecule has 1 aromatic carbocycles. The van der Waals surface area contributed by atoms with Crippen LogP contribution >= 0.6 is 0 Å². The summed E-state index contributed by atoms with van der Waals surface area (Å²) in [6, 6.07) is 4.89. The van der Waals surface area contributed by atoms with Gasteiger partial charge in [-0.2, -0.15) is 0 Å². The highest BCUT2D eigenvalue weighted by atomic mass is 16.8. The van der Waals surface area contributed by atoms with Gasteiger partial charge in [-0.1, -0.05) is 13.8 Å². The Morgan fingerprint density at radius 1 is 1.45 bits per heavy atom. The minimum atomic E-state index is -0.153. The fourth-order valence-electron chi connectivity index (χ4n) is 3.80. The van der Waals surface area contributed by atoms with Crippen LogP contribution in [0, 0.1) is 29.4 Å². The number of ketones is 1. The standard InChI is InChI=1S/C17H21N2O3/c1-9-7-11(19(21)22)5-6-13(9)18-10(2)15-14(20)8-12-16(15)17(12,3)4/h5-7,12,16,18,21H,8H2,1-4H3/q-1. The van der Waals surface area contributed by atoms with Crippen molar-refractivity contribution >= 4 is 17.2 Å². The second-order valence-corrected chi connectivity index (χ2v) is 6.97. The Morgan fingerprint density at radius 3 is 2.68 bits per heavy atom. The molecule has 0 aromatic heterocycles. The number of rotatable bonds is 3. The van der Waals surface area contributed by atoms with Gasteiger partial charge in [0.05, 0.1) is 5.69 Å². The van der Waals surface area contributed by atoms with Gasteiger partial charge in [-0.05, 0) is 54.9 Å². The fraction of sp³-hybridized carbons (Fsp3) is 0.471. The number of fused-ring (bicyclic) bond motifs is 1. The SMILES string of the molecule is CC(Nc1ccc(N([O-])O)cc1C)=C1C(=O)CC2C1C2(C)C. The second kappa shape index (κ2) is 4.83. The Labute approximate surface area is 130 Å². The molecule has 3 rings (SSSR count). The number of nitrogens with one attached hydrogen (secondary N) is 1. The van der Waals surface area contributed by atoms with Crippen molar-refractivity contribution in [1.82, 2.24) is 0 Å². The summed E-state index contributed by atoms with van der Waals surface area (Å²) in [5, 5.41) is 23.0. The molecule has 5 nitrogen and oxygen atoms in total. The lowest BCUT2D eigenvalue weighted by Gasteiger charge is -2.23. The summed E-state index contributed by atoms with van der Waals surface area (Å²) in [6.07, 6.45) is 0.652. The number of aryl methyl sites for hydroxylation is 1. The first-order chi connectivity index (χ1) is 10.2. The number of hydrogen-bond donors (Lipinski definition) is 2. The Morgan fingerprint density at radius 2 is 2.14 bits per heavy atom. The molecule has 0 saturated heterocycles. The maximum atomic E-state index is 12.2. The number of nitrogens with zero attached hydrogens (tertiary/aromatic N) is 1. The summed E-state index contributed by atoms with van der Waals surface area (Å²) in [5.41, 5.74) is 3.90. The average molecular weight is 301 g/mol. The largest absolute Gasteiger partial charge is 0.733 e. The van der Waals surface area contributed by atoms with E-state index in [1.165, 1.54) is 0 Å². The van der Waals surface area contributed by atoms with Crippen LogP contribution in [0.1, 0.15) is 32.8 Å². The van der Waals surface area contributed by atoms with Crippen LogP contribution in [-0.2, 0) is 4.79 Å². The van der Waals surface area contributed by atoms with Crippen molar-refractivity contribution in [3.63, 3.8) is 0 Å². The van der Waals surface area contributed by atoms with Crippen LogP contribution in [0.5, 0.6) is 0 Å². The third kappa shape index (κ3) is 2.21. The molecule has 1 aromatic rings. The molecule has 0 heterocycles. The zero-order valence-corrected chi connectivity index (χ0v) is 13.3. The first-order valence-corrected chi connectivity index (χ1v) is 7.51. The van der Waals surface area contributed by atoms with Crippen LogP contribution in [0.15, 0.2) is 29.5 Å². The number of carbonyl (C=O) groups is 1. The van der Waals surface area contributed by atoms with E-state index in [1.807, 2.05) is 13.8 Å². The van der Waals surface area contributed by atoms with E-state index in [0.29, 0.717) is 18.3 Å². The average Bonchev–Trinajstić information content (AvgIpc) is 2.80. The van der Waals surface area contributed by atoms with Crippen molar-refractivity contribution in [2.75, 3.05) is 10.5 Å². The molecule has 2 aliphatic rings. The fourth-order valence-corrected chi connectivity index (χ4v) is 3.80. The molecule has 0 aliphatic heterocycles. The first kappa shape index (κ1) is 15.1. The Balaban J connectivity index is 1.87. The maximum Gasteiger partial charge on any atom is 0.161 e. The van der Waals surface area contributed by atoms with E-state index in [4.69, 9.17) is 5.21 Å². The summed E-state index contributed by atoms with van der Waals surface area (Å²) in [7, 11) is 0. The molecular weight excluding hydrogens is 280 g/mol. The first-order valence-electron chi connectivity index (χ1n) is 7.51. The summed E-state index contributed by atoms with van der Waals surface area (Å²) in [5.74, 6) is 1.09. The summed E-state index contributed by atoms with van der Waals surface area (Å²) in [4.78, 5) is 12.2. The number of Topliss-reactive ketones (excluding diaryl/α,β-unsaturated/α-hetero) is 1. The summed E-state index contributed by atoms with van der Waals surface area (Å²) < 4.78 is 0. The Hall–Kier alpha value is -1.85. The van der Waals surface area contributed by atoms with Crippen LogP contribution in [0.4, 0.5) is 11.4 Å². The highest BCUT2D eigenvalue weighted by Crippen LogP contribution is 2.68. The normalized spacial score (nSPS) is 27.5. The van der Waals surface area contributed by atoms with Crippen LogP contribution in [-0.4, -0.2) is 11.0 Å². The van der Waals surface area contributed by atoms with Crippen molar-refractivity contribution in [2.45, 2.75) is 34.1 Å². The van der Waals surface area contributed by atoms with Gasteiger partial charge in [0.2, 0.25) is 0 Å². The lowest BCUT2D eigenvalue weighted by atomic mass is 9.95. The van der Waals surface area contributed by atoms with Gasteiger partial charge < -0.3 is 15.8 Å². The lowest BCUT2D eigenvalue weighted by molar-refractivity contribution is -0.115. The molecular formula is C17H21N2O3-. The smallest absolute Gasteiger partial charge is 0.161 e. The van der Waals surface area contributed by atoms with Crippen LogP contribution in [0.3, 0.4) is 0 Å². The van der Waals surface area contributed by atoms with Gasteiger partial charge in [0.15, 0.2) is 5.78 Å². The van der Waals surface area contributed by atoms with Crippen LogP contribution < -0.4 is 10.5 Å². The van der Waals surface area contributed by atoms with Gasteiger partial charge in [0.1, 0.15) is 0 Å². The molecule has 5 heteroatoms. The topological polar surface area (TPSA) is 75.6 Å². The van der Waals surface area contributed by atoms with Gasteiger partial charge in [-0.25, -0.2) is 0 Å². The third-order valence-corrected chi connectivity index (χ3v) is 5.22. The van der Waals surface area contributed by atoms with Gasteiger partial charge >= 0.3 is 0 Å².